The Labute approximate surface area is 183 Å². The van der Waals surface area contributed by atoms with Crippen LogP contribution in [-0.4, -0.2) is 42.2 Å². The second-order valence-electron chi connectivity index (χ2n) is 8.11. The van der Waals surface area contributed by atoms with Gasteiger partial charge in [0.1, 0.15) is 11.6 Å². The van der Waals surface area contributed by atoms with E-state index in [0.717, 1.165) is 22.3 Å². The zero-order valence-corrected chi connectivity index (χ0v) is 18.1. The molecule has 0 bridgehead atoms. The molecule has 1 aliphatic rings. The highest BCUT2D eigenvalue weighted by Crippen LogP contribution is 2.36. The van der Waals surface area contributed by atoms with E-state index in [4.69, 9.17) is 5.73 Å². The third kappa shape index (κ3) is 5.20. The summed E-state index contributed by atoms with van der Waals surface area (Å²) >= 11 is 0. The molecule has 0 unspecified atom stereocenters. The second kappa shape index (κ2) is 9.17. The van der Waals surface area contributed by atoms with Crippen molar-refractivity contribution in [1.29, 1.82) is 0 Å². The maximum absolute atomic E-state index is 13.7. The van der Waals surface area contributed by atoms with Crippen LogP contribution in [-0.2, 0) is 6.18 Å². The van der Waals surface area contributed by atoms with Crippen molar-refractivity contribution in [3.05, 3.63) is 41.3 Å². The predicted octanol–water partition coefficient (Wildman–Crippen LogP) is 4.32. The number of benzene rings is 1. The van der Waals surface area contributed by atoms with Crippen LogP contribution in [0.2, 0.25) is 0 Å². The number of hydrogen-bond donors (Lipinski definition) is 2. The highest BCUT2D eigenvalue weighted by atomic mass is 19.4. The number of anilines is 3. The number of aromatic nitrogens is 2. The molecule has 1 fully saturated rings. The third-order valence-electron chi connectivity index (χ3n) is 5.53. The molecular weight excluding hydrogens is 428 g/mol. The number of primary amides is 1. The van der Waals surface area contributed by atoms with E-state index in [9.17, 15) is 22.4 Å². The molecule has 1 aliphatic carbocycles. The average molecular weight is 454 g/mol. The van der Waals surface area contributed by atoms with Gasteiger partial charge in [0.05, 0.1) is 5.56 Å². The first-order chi connectivity index (χ1) is 15.0. The minimum absolute atomic E-state index is 0.0395. The Bertz CT molecular complexity index is 973. The molecule has 0 aliphatic heterocycles. The molecule has 1 saturated carbocycles. The topological polar surface area (TPSA) is 87.4 Å². The number of carbonyl (C=O) groups excluding carboxylic acids is 1. The Morgan fingerprint density at radius 3 is 2.41 bits per heavy atom. The zero-order valence-electron chi connectivity index (χ0n) is 18.1. The fourth-order valence-corrected chi connectivity index (χ4v) is 4.01. The molecule has 11 heteroatoms. The fourth-order valence-electron chi connectivity index (χ4n) is 4.01. The number of nitrogens with one attached hydrogen (secondary N) is 1. The van der Waals surface area contributed by atoms with Gasteiger partial charge in [-0.2, -0.15) is 18.2 Å². The predicted molar refractivity (Wildman–Crippen MR) is 114 cm³/mol. The molecule has 1 aromatic heterocycles. The van der Waals surface area contributed by atoms with Gasteiger partial charge in [0.15, 0.2) is 0 Å². The lowest BCUT2D eigenvalue weighted by molar-refractivity contribution is -0.139. The van der Waals surface area contributed by atoms with Crippen molar-refractivity contribution in [2.75, 3.05) is 29.2 Å². The lowest BCUT2D eigenvalue weighted by Crippen LogP contribution is -2.47. The van der Waals surface area contributed by atoms with Gasteiger partial charge >= 0.3 is 12.2 Å². The van der Waals surface area contributed by atoms with Gasteiger partial charge in [0.2, 0.25) is 5.95 Å². The van der Waals surface area contributed by atoms with Crippen LogP contribution in [0.25, 0.3) is 0 Å². The number of carbonyl (C=O) groups is 1. The van der Waals surface area contributed by atoms with Crippen LogP contribution in [0.4, 0.5) is 39.8 Å². The normalized spacial score (nSPS) is 18.8. The van der Waals surface area contributed by atoms with Gasteiger partial charge < -0.3 is 16.0 Å². The molecule has 2 aromatic rings. The summed E-state index contributed by atoms with van der Waals surface area (Å²) in [6.07, 6.45) is -0.855. The summed E-state index contributed by atoms with van der Waals surface area (Å²) < 4.78 is 53.0. The molecule has 32 heavy (non-hydrogen) atoms. The minimum Gasteiger partial charge on any atom is -0.362 e. The number of alkyl halides is 3. The van der Waals surface area contributed by atoms with Crippen LogP contribution >= 0.6 is 0 Å². The van der Waals surface area contributed by atoms with Gasteiger partial charge in [-0.25, -0.2) is 14.2 Å². The first kappa shape index (κ1) is 23.6. The molecule has 0 radical (unpaired) electrons. The number of halogens is 4. The maximum Gasteiger partial charge on any atom is 0.419 e. The van der Waals surface area contributed by atoms with E-state index >= 15 is 0 Å². The number of nitrogens with zero attached hydrogens (tertiary/aromatic N) is 4. The fraction of sp³-hybridized carbons (Fsp3) is 0.476. The first-order valence-electron chi connectivity index (χ1n) is 10.2. The van der Waals surface area contributed by atoms with Gasteiger partial charge in [-0.1, -0.05) is 0 Å². The monoisotopic (exact) mass is 454 g/mol. The van der Waals surface area contributed by atoms with Crippen molar-refractivity contribution in [2.45, 2.75) is 50.9 Å². The summed E-state index contributed by atoms with van der Waals surface area (Å²) in [5.74, 6) is -0.107. The van der Waals surface area contributed by atoms with Gasteiger partial charge in [-0.3, -0.25) is 4.90 Å². The summed E-state index contributed by atoms with van der Waals surface area (Å²) in [5, 5.41) is 3.29. The van der Waals surface area contributed by atoms with E-state index in [1.165, 1.54) is 0 Å². The van der Waals surface area contributed by atoms with E-state index < -0.39 is 29.6 Å². The van der Waals surface area contributed by atoms with E-state index in [2.05, 4.69) is 15.3 Å². The second-order valence-corrected chi connectivity index (χ2v) is 8.11. The molecule has 1 aromatic carbocycles. The van der Waals surface area contributed by atoms with Crippen molar-refractivity contribution in [1.82, 2.24) is 9.97 Å². The summed E-state index contributed by atoms with van der Waals surface area (Å²) in [7, 11) is 3.78. The van der Waals surface area contributed by atoms with Crippen molar-refractivity contribution in [2.24, 2.45) is 5.73 Å². The van der Waals surface area contributed by atoms with Gasteiger partial charge in [0.25, 0.3) is 0 Å². The van der Waals surface area contributed by atoms with E-state index in [0.29, 0.717) is 43.8 Å². The number of aryl methyl sites for hydroxylation is 1. The number of rotatable bonds is 5. The summed E-state index contributed by atoms with van der Waals surface area (Å²) in [4.78, 5) is 23.9. The first-order valence-corrected chi connectivity index (χ1v) is 10.2. The van der Waals surface area contributed by atoms with Crippen LogP contribution < -0.4 is 20.9 Å². The Kier molecular flexibility index (Phi) is 6.75. The average Bonchev–Trinajstić information content (AvgIpc) is 2.71. The molecule has 1 heterocycles. The minimum atomic E-state index is -4.87. The highest BCUT2D eigenvalue weighted by molar-refractivity contribution is 5.91. The molecule has 7 nitrogen and oxygen atoms in total. The number of amides is 2. The molecule has 2 amide bonds. The van der Waals surface area contributed by atoms with Crippen molar-refractivity contribution >= 4 is 23.5 Å². The number of urea groups is 1. The summed E-state index contributed by atoms with van der Waals surface area (Å²) in [5.41, 5.74) is 4.93. The lowest BCUT2D eigenvalue weighted by atomic mass is 9.90. The summed E-state index contributed by atoms with van der Waals surface area (Å²) in [6.45, 7) is 1.92. The largest absolute Gasteiger partial charge is 0.419 e. The Balaban J connectivity index is 1.72. The van der Waals surface area contributed by atoms with Gasteiger partial charge in [-0.15, -0.1) is 0 Å². The van der Waals surface area contributed by atoms with Crippen LogP contribution in [0.5, 0.6) is 0 Å². The summed E-state index contributed by atoms with van der Waals surface area (Å²) in [6, 6.07) is 1.25. The maximum atomic E-state index is 13.7. The van der Waals surface area contributed by atoms with E-state index in [1.54, 1.807) is 6.20 Å². The molecule has 0 saturated heterocycles. The molecule has 3 rings (SSSR count). The van der Waals surface area contributed by atoms with Crippen molar-refractivity contribution < 1.29 is 22.4 Å². The molecule has 0 atom stereocenters. The van der Waals surface area contributed by atoms with E-state index in [-0.39, 0.29) is 11.7 Å². The van der Waals surface area contributed by atoms with Crippen molar-refractivity contribution in [3.63, 3.8) is 0 Å². The van der Waals surface area contributed by atoms with Crippen LogP contribution in [0, 0.1) is 12.7 Å². The molecule has 174 valence electrons. The van der Waals surface area contributed by atoms with Gasteiger partial charge in [0, 0.05) is 43.6 Å². The number of nitrogens with two attached hydrogens (primary N) is 1. The van der Waals surface area contributed by atoms with Crippen LogP contribution in [0.3, 0.4) is 0 Å². The lowest BCUT2D eigenvalue weighted by Gasteiger charge is -2.36. The molecule has 3 N–H and O–H groups in total. The number of hydrogen-bond acceptors (Lipinski definition) is 5. The SMILES string of the molecule is Cc1cnc(NC2CCC(N(C(N)=O)c3ccc(F)c(C(F)(F)F)c3)CC2)nc1N(C)C. The van der Waals surface area contributed by atoms with Crippen molar-refractivity contribution in [3.8, 4) is 0 Å². The Morgan fingerprint density at radius 1 is 1.19 bits per heavy atom. The molecular formula is C21H26F4N6O. The Morgan fingerprint density at radius 2 is 1.84 bits per heavy atom. The van der Waals surface area contributed by atoms with Gasteiger partial charge in [-0.05, 0) is 50.8 Å². The smallest absolute Gasteiger partial charge is 0.362 e. The van der Waals surface area contributed by atoms with Crippen LogP contribution in [0.15, 0.2) is 24.4 Å². The molecule has 0 spiro atoms. The standard InChI is InChI=1S/C21H26F4N6O/c1-12-11-27-20(29-18(12)30(2)3)28-13-4-6-14(7-5-13)31(19(26)32)15-8-9-17(22)16(10-15)21(23,24)25/h8-11,13-14H,4-7H2,1-3H3,(H2,26,32)(H,27,28,29). The van der Waals surface area contributed by atoms with Crippen LogP contribution in [0.1, 0.15) is 36.8 Å². The highest BCUT2D eigenvalue weighted by Gasteiger charge is 2.36. The quantitative estimate of drug-likeness (QED) is 0.658. The van der Waals surface area contributed by atoms with E-state index in [1.807, 2.05) is 25.9 Å². The Hall–Kier alpha value is -3.11. The zero-order chi connectivity index (χ0) is 23.6. The third-order valence-corrected chi connectivity index (χ3v) is 5.53.